The molecule has 0 aromatic heterocycles. The summed E-state index contributed by atoms with van der Waals surface area (Å²) in [4.78, 5) is 21.3. The summed E-state index contributed by atoms with van der Waals surface area (Å²) in [6.07, 6.45) is -4.31. The van der Waals surface area contributed by atoms with Crippen LogP contribution < -0.4 is 5.32 Å². The first kappa shape index (κ1) is 19.2. The van der Waals surface area contributed by atoms with Gasteiger partial charge in [0.2, 0.25) is 0 Å². The van der Waals surface area contributed by atoms with Crippen LogP contribution in [0.4, 0.5) is 24.5 Å². The molecule has 0 heterocycles. The number of hydrogen-bond acceptors (Lipinski definition) is 5. The molecule has 0 radical (unpaired) electrons. The number of hydrogen-bond donors (Lipinski definition) is 1. The number of halogens is 4. The van der Waals surface area contributed by atoms with Gasteiger partial charge in [-0.25, -0.2) is 0 Å². The van der Waals surface area contributed by atoms with Gasteiger partial charge in [-0.15, -0.1) is 0 Å². The van der Waals surface area contributed by atoms with E-state index in [1.54, 1.807) is 6.92 Å². The Morgan fingerprint density at radius 2 is 2.09 bits per heavy atom. The second kappa shape index (κ2) is 8.14. The number of alkyl halides is 3. The summed E-state index contributed by atoms with van der Waals surface area (Å²) in [6.45, 7) is 1.98. The third-order valence-electron chi connectivity index (χ3n) is 2.77. The zero-order valence-corrected chi connectivity index (χ0v) is 13.7. The predicted octanol–water partition coefficient (Wildman–Crippen LogP) is 4.13. The Labute approximate surface area is 138 Å². The lowest BCUT2D eigenvalue weighted by atomic mass is 10.1. The standard InChI is InChI=1S/C13H14BrF3N2O4/c1-2-23-12(20)4-3-5-18-10-6-8(13(15,16)17)9(14)7-11(10)19(21)22/h6-7,18H,2-5H2,1H3. The van der Waals surface area contributed by atoms with Crippen molar-refractivity contribution in [3.05, 3.63) is 32.3 Å². The molecule has 6 nitrogen and oxygen atoms in total. The monoisotopic (exact) mass is 398 g/mol. The van der Waals surface area contributed by atoms with Crippen molar-refractivity contribution < 1.29 is 27.6 Å². The number of nitrogens with zero attached hydrogens (tertiary/aromatic N) is 1. The Balaban J connectivity index is 2.87. The van der Waals surface area contributed by atoms with Gasteiger partial charge in [0.1, 0.15) is 5.69 Å². The normalized spacial score (nSPS) is 11.2. The number of esters is 1. The lowest BCUT2D eigenvalue weighted by Crippen LogP contribution is -2.11. The van der Waals surface area contributed by atoms with Crippen molar-refractivity contribution >= 4 is 33.3 Å². The van der Waals surface area contributed by atoms with Gasteiger partial charge in [-0.05, 0) is 35.3 Å². The zero-order valence-electron chi connectivity index (χ0n) is 12.1. The van der Waals surface area contributed by atoms with E-state index in [1.807, 2.05) is 0 Å². The van der Waals surface area contributed by atoms with Crippen molar-refractivity contribution in [3.8, 4) is 0 Å². The number of rotatable bonds is 7. The van der Waals surface area contributed by atoms with Crippen molar-refractivity contribution in [2.24, 2.45) is 0 Å². The van der Waals surface area contributed by atoms with Crippen LogP contribution in [-0.4, -0.2) is 24.0 Å². The highest BCUT2D eigenvalue weighted by Gasteiger charge is 2.35. The zero-order chi connectivity index (χ0) is 17.6. The van der Waals surface area contributed by atoms with Crippen LogP contribution in [0, 0.1) is 10.1 Å². The molecule has 0 spiro atoms. The highest BCUT2D eigenvalue weighted by Crippen LogP contribution is 2.40. The van der Waals surface area contributed by atoms with Crippen molar-refractivity contribution in [2.75, 3.05) is 18.5 Å². The third-order valence-corrected chi connectivity index (χ3v) is 3.42. The van der Waals surface area contributed by atoms with E-state index in [9.17, 15) is 28.1 Å². The molecule has 0 aliphatic heterocycles. The summed E-state index contributed by atoms with van der Waals surface area (Å²) >= 11 is 2.69. The first-order valence-corrected chi connectivity index (χ1v) is 7.40. The van der Waals surface area contributed by atoms with Crippen molar-refractivity contribution in [2.45, 2.75) is 25.9 Å². The predicted molar refractivity (Wildman–Crippen MR) is 80.2 cm³/mol. The Hall–Kier alpha value is -1.84. The van der Waals surface area contributed by atoms with E-state index < -0.39 is 32.8 Å². The fourth-order valence-electron chi connectivity index (χ4n) is 1.76. The third kappa shape index (κ3) is 5.70. The molecule has 0 aliphatic carbocycles. The van der Waals surface area contributed by atoms with Crippen LogP contribution in [0.2, 0.25) is 0 Å². The van der Waals surface area contributed by atoms with Crippen molar-refractivity contribution in [1.82, 2.24) is 0 Å². The highest BCUT2D eigenvalue weighted by atomic mass is 79.9. The van der Waals surface area contributed by atoms with Gasteiger partial charge in [0, 0.05) is 23.5 Å². The van der Waals surface area contributed by atoms with Crippen LogP contribution >= 0.6 is 15.9 Å². The first-order chi connectivity index (χ1) is 10.7. The lowest BCUT2D eigenvalue weighted by Gasteiger charge is -2.13. The van der Waals surface area contributed by atoms with Crippen LogP contribution in [0.1, 0.15) is 25.3 Å². The molecule has 0 unspecified atom stereocenters. The lowest BCUT2D eigenvalue weighted by molar-refractivity contribution is -0.384. The van der Waals surface area contributed by atoms with Gasteiger partial charge in [-0.1, -0.05) is 0 Å². The van der Waals surface area contributed by atoms with E-state index in [0.717, 1.165) is 6.07 Å². The van der Waals surface area contributed by atoms with E-state index in [1.165, 1.54) is 0 Å². The number of nitrogens with one attached hydrogen (secondary N) is 1. The number of nitro groups is 1. The molecule has 0 atom stereocenters. The molecule has 0 amide bonds. The summed E-state index contributed by atoms with van der Waals surface area (Å²) in [5, 5.41) is 13.5. The largest absolute Gasteiger partial charge is 0.466 e. The molecule has 1 N–H and O–H groups in total. The minimum Gasteiger partial charge on any atom is -0.466 e. The van der Waals surface area contributed by atoms with Gasteiger partial charge in [-0.3, -0.25) is 14.9 Å². The molecular formula is C13H14BrF3N2O4. The molecule has 23 heavy (non-hydrogen) atoms. The average molecular weight is 399 g/mol. The molecule has 0 fully saturated rings. The minimum absolute atomic E-state index is 0.0668. The number of anilines is 1. The van der Waals surface area contributed by atoms with Crippen molar-refractivity contribution in [3.63, 3.8) is 0 Å². The fraction of sp³-hybridized carbons (Fsp3) is 0.462. The number of ether oxygens (including phenoxy) is 1. The Morgan fingerprint density at radius 1 is 1.43 bits per heavy atom. The van der Waals surface area contributed by atoms with Crippen LogP contribution in [0.5, 0.6) is 0 Å². The molecule has 0 aliphatic rings. The Kier molecular flexibility index (Phi) is 6.79. The van der Waals surface area contributed by atoms with Crippen LogP contribution in [-0.2, 0) is 15.7 Å². The van der Waals surface area contributed by atoms with Gasteiger partial charge in [0.05, 0.1) is 17.1 Å². The highest BCUT2D eigenvalue weighted by molar-refractivity contribution is 9.10. The maximum absolute atomic E-state index is 12.9. The quantitative estimate of drug-likeness (QED) is 0.323. The van der Waals surface area contributed by atoms with E-state index in [-0.39, 0.29) is 31.7 Å². The maximum Gasteiger partial charge on any atom is 0.417 e. The Bertz CT molecular complexity index is 593. The number of carbonyl (C=O) groups is 1. The molecule has 0 saturated carbocycles. The minimum atomic E-state index is -4.64. The molecule has 1 aromatic rings. The summed E-state index contributed by atoms with van der Waals surface area (Å²) in [7, 11) is 0. The fourth-order valence-corrected chi connectivity index (χ4v) is 2.32. The second-order valence-corrected chi connectivity index (χ2v) is 5.29. The van der Waals surface area contributed by atoms with Gasteiger partial charge < -0.3 is 10.1 Å². The van der Waals surface area contributed by atoms with Crippen LogP contribution in [0.25, 0.3) is 0 Å². The Morgan fingerprint density at radius 3 is 2.61 bits per heavy atom. The van der Waals surface area contributed by atoms with E-state index in [0.29, 0.717) is 6.07 Å². The van der Waals surface area contributed by atoms with Gasteiger partial charge in [0.25, 0.3) is 5.69 Å². The molecule has 128 valence electrons. The van der Waals surface area contributed by atoms with Gasteiger partial charge in [0.15, 0.2) is 0 Å². The van der Waals surface area contributed by atoms with Gasteiger partial charge >= 0.3 is 12.1 Å². The molecule has 1 aromatic carbocycles. The van der Waals surface area contributed by atoms with E-state index in [2.05, 4.69) is 21.2 Å². The second-order valence-electron chi connectivity index (χ2n) is 4.44. The first-order valence-electron chi connectivity index (χ1n) is 6.61. The molecule has 0 bridgehead atoms. The molecule has 0 saturated heterocycles. The average Bonchev–Trinajstić information content (AvgIpc) is 2.43. The van der Waals surface area contributed by atoms with Crippen LogP contribution in [0.3, 0.4) is 0 Å². The SMILES string of the molecule is CCOC(=O)CCCNc1cc(C(F)(F)F)c(Br)cc1[N+](=O)[O-]. The summed E-state index contributed by atoms with van der Waals surface area (Å²) < 4.78 is 42.9. The maximum atomic E-state index is 12.9. The number of nitro benzene ring substituents is 1. The van der Waals surface area contributed by atoms with Crippen LogP contribution in [0.15, 0.2) is 16.6 Å². The van der Waals surface area contributed by atoms with E-state index in [4.69, 9.17) is 4.74 Å². The summed E-state index contributed by atoms with van der Waals surface area (Å²) in [6, 6.07) is 1.48. The topological polar surface area (TPSA) is 81.5 Å². The number of benzene rings is 1. The summed E-state index contributed by atoms with van der Waals surface area (Å²) in [5.74, 6) is -0.435. The smallest absolute Gasteiger partial charge is 0.417 e. The van der Waals surface area contributed by atoms with Crippen molar-refractivity contribution in [1.29, 1.82) is 0 Å². The molecule has 1 rings (SSSR count). The molecule has 10 heteroatoms. The van der Waals surface area contributed by atoms with E-state index >= 15 is 0 Å². The number of carbonyl (C=O) groups excluding carboxylic acids is 1. The summed E-state index contributed by atoms with van der Waals surface area (Å²) in [5.41, 5.74) is -1.76. The molecular weight excluding hydrogens is 385 g/mol. The van der Waals surface area contributed by atoms with Gasteiger partial charge in [-0.2, -0.15) is 13.2 Å².